The fourth-order valence-corrected chi connectivity index (χ4v) is 2.70. The average Bonchev–Trinajstić information content (AvgIpc) is 2.53. The first-order chi connectivity index (χ1) is 10.9. The number of allylic oxidation sites excluding steroid dienone is 3. The molecule has 1 heterocycles. The molecule has 0 radical (unpaired) electrons. The summed E-state index contributed by atoms with van der Waals surface area (Å²) in [7, 11) is 3.06. The van der Waals surface area contributed by atoms with Gasteiger partial charge in [-0.2, -0.15) is 5.26 Å². The number of ketones is 1. The van der Waals surface area contributed by atoms with Gasteiger partial charge in [0.1, 0.15) is 28.9 Å². The van der Waals surface area contributed by atoms with Crippen LogP contribution in [-0.2, 0) is 9.53 Å². The number of nitriles is 1. The number of carbonyl (C=O) groups is 1. The van der Waals surface area contributed by atoms with Crippen LogP contribution in [0.15, 0.2) is 41.0 Å². The first-order valence-corrected chi connectivity index (χ1v) is 6.95. The molecule has 1 aliphatic heterocycles. The van der Waals surface area contributed by atoms with Crippen molar-refractivity contribution >= 4 is 5.78 Å². The molecule has 0 saturated heterocycles. The molecule has 2 N–H and O–H groups in total. The first-order valence-electron chi connectivity index (χ1n) is 6.95. The molecule has 1 aromatic carbocycles. The second-order valence-electron chi connectivity index (χ2n) is 5.06. The van der Waals surface area contributed by atoms with E-state index in [4.69, 9.17) is 19.9 Å². The fourth-order valence-electron chi connectivity index (χ4n) is 2.70. The third-order valence-electron chi connectivity index (χ3n) is 3.74. The molecule has 0 saturated carbocycles. The summed E-state index contributed by atoms with van der Waals surface area (Å²) in [6.07, 6.45) is 0. The number of hydrogen-bond acceptors (Lipinski definition) is 6. The topological polar surface area (TPSA) is 94.6 Å². The van der Waals surface area contributed by atoms with Crippen molar-refractivity contribution in [3.8, 4) is 17.6 Å². The van der Waals surface area contributed by atoms with Crippen molar-refractivity contribution in [1.29, 1.82) is 5.26 Å². The van der Waals surface area contributed by atoms with E-state index < -0.39 is 5.92 Å². The number of carbonyl (C=O) groups excluding carboxylic acids is 1. The highest BCUT2D eigenvalue weighted by Crippen LogP contribution is 2.43. The normalized spacial score (nSPS) is 17.4. The zero-order valence-electron chi connectivity index (χ0n) is 13.5. The van der Waals surface area contributed by atoms with Crippen LogP contribution in [0, 0.1) is 11.3 Å². The molecule has 2 rings (SSSR count). The SMILES string of the molecule is COc1ccc([C@H]2C(C#N)=C(N)OC(C)=C2C(C)=O)c(OC)c1. The van der Waals surface area contributed by atoms with Gasteiger partial charge in [-0.25, -0.2) is 0 Å². The zero-order chi connectivity index (χ0) is 17.1. The fraction of sp³-hybridized carbons (Fsp3) is 0.294. The highest BCUT2D eigenvalue weighted by Gasteiger charge is 2.35. The van der Waals surface area contributed by atoms with Gasteiger partial charge in [0.05, 0.1) is 20.1 Å². The highest BCUT2D eigenvalue weighted by atomic mass is 16.5. The largest absolute Gasteiger partial charge is 0.497 e. The summed E-state index contributed by atoms with van der Waals surface area (Å²) < 4.78 is 16.0. The summed E-state index contributed by atoms with van der Waals surface area (Å²) in [5.74, 6) is 0.675. The smallest absolute Gasteiger partial charge is 0.205 e. The lowest BCUT2D eigenvalue weighted by atomic mass is 9.81. The van der Waals surface area contributed by atoms with E-state index in [0.717, 1.165) is 0 Å². The van der Waals surface area contributed by atoms with Gasteiger partial charge in [0.15, 0.2) is 5.78 Å². The molecule has 1 aliphatic rings. The van der Waals surface area contributed by atoms with Crippen LogP contribution in [0.1, 0.15) is 25.3 Å². The number of nitrogens with zero attached hydrogens (tertiary/aromatic N) is 1. The Labute approximate surface area is 134 Å². The van der Waals surface area contributed by atoms with Gasteiger partial charge in [0.25, 0.3) is 0 Å². The molecule has 0 bridgehead atoms. The molecular weight excluding hydrogens is 296 g/mol. The molecule has 120 valence electrons. The number of hydrogen-bond donors (Lipinski definition) is 1. The van der Waals surface area contributed by atoms with E-state index in [1.165, 1.54) is 14.0 Å². The summed E-state index contributed by atoms with van der Waals surface area (Å²) in [5, 5.41) is 9.48. The second-order valence-corrected chi connectivity index (χ2v) is 5.06. The van der Waals surface area contributed by atoms with Gasteiger partial charge in [0.2, 0.25) is 5.88 Å². The number of Topliss-reactive ketones (excluding diaryl/α,β-unsaturated/α-hetero) is 1. The summed E-state index contributed by atoms with van der Waals surface area (Å²) in [6.45, 7) is 3.09. The molecule has 0 fully saturated rings. The average molecular weight is 314 g/mol. The van der Waals surface area contributed by atoms with Crippen LogP contribution in [0.4, 0.5) is 0 Å². The van der Waals surface area contributed by atoms with E-state index in [9.17, 15) is 10.1 Å². The lowest BCUT2D eigenvalue weighted by molar-refractivity contribution is -0.114. The number of ether oxygens (including phenoxy) is 3. The summed E-state index contributed by atoms with van der Waals surface area (Å²) in [4.78, 5) is 12.1. The van der Waals surface area contributed by atoms with Crippen molar-refractivity contribution in [3.05, 3.63) is 46.6 Å². The van der Waals surface area contributed by atoms with E-state index in [0.29, 0.717) is 28.4 Å². The van der Waals surface area contributed by atoms with E-state index in [1.807, 2.05) is 6.07 Å². The first kappa shape index (κ1) is 16.4. The Bertz CT molecular complexity index is 756. The van der Waals surface area contributed by atoms with Gasteiger partial charge < -0.3 is 19.9 Å². The van der Waals surface area contributed by atoms with Crippen LogP contribution < -0.4 is 15.2 Å². The van der Waals surface area contributed by atoms with E-state index in [1.54, 1.807) is 32.2 Å². The number of benzene rings is 1. The van der Waals surface area contributed by atoms with Crippen molar-refractivity contribution in [2.75, 3.05) is 14.2 Å². The maximum absolute atomic E-state index is 12.1. The lowest BCUT2D eigenvalue weighted by Crippen LogP contribution is -2.23. The monoisotopic (exact) mass is 314 g/mol. The molecule has 0 amide bonds. The molecule has 6 nitrogen and oxygen atoms in total. The van der Waals surface area contributed by atoms with Crippen molar-refractivity contribution in [2.45, 2.75) is 19.8 Å². The zero-order valence-corrected chi connectivity index (χ0v) is 13.5. The minimum Gasteiger partial charge on any atom is -0.497 e. The van der Waals surface area contributed by atoms with Gasteiger partial charge in [-0.15, -0.1) is 0 Å². The quantitative estimate of drug-likeness (QED) is 0.917. The Kier molecular flexibility index (Phi) is 4.60. The maximum Gasteiger partial charge on any atom is 0.205 e. The third kappa shape index (κ3) is 2.86. The van der Waals surface area contributed by atoms with E-state index in [-0.39, 0.29) is 17.2 Å². The summed E-state index contributed by atoms with van der Waals surface area (Å²) in [5.41, 5.74) is 7.07. The molecule has 0 spiro atoms. The van der Waals surface area contributed by atoms with Crippen molar-refractivity contribution in [1.82, 2.24) is 0 Å². The van der Waals surface area contributed by atoms with Gasteiger partial charge in [0, 0.05) is 17.2 Å². The molecule has 0 aliphatic carbocycles. The maximum atomic E-state index is 12.1. The van der Waals surface area contributed by atoms with Gasteiger partial charge >= 0.3 is 0 Å². The number of rotatable bonds is 4. The standard InChI is InChI=1S/C17H18N2O4/c1-9(20)15-10(2)23-17(19)13(8-18)16(15)12-6-5-11(21-3)7-14(12)22-4/h5-7,16H,19H2,1-4H3/t16-/m0/s1. The Morgan fingerprint density at radius 2 is 2.04 bits per heavy atom. The Balaban J connectivity index is 2.72. The van der Waals surface area contributed by atoms with Crippen LogP contribution in [0.3, 0.4) is 0 Å². The van der Waals surface area contributed by atoms with Gasteiger partial charge in [-0.1, -0.05) is 6.07 Å². The van der Waals surface area contributed by atoms with Crippen molar-refractivity contribution in [2.24, 2.45) is 5.73 Å². The number of methoxy groups -OCH3 is 2. The second kappa shape index (κ2) is 6.44. The highest BCUT2D eigenvalue weighted by molar-refractivity contribution is 5.97. The van der Waals surface area contributed by atoms with Crippen LogP contribution in [0.5, 0.6) is 11.5 Å². The molecule has 23 heavy (non-hydrogen) atoms. The molecule has 0 unspecified atom stereocenters. The minimum absolute atomic E-state index is 0.00197. The molecule has 1 atom stereocenters. The van der Waals surface area contributed by atoms with Crippen LogP contribution in [0.25, 0.3) is 0 Å². The summed E-state index contributed by atoms with van der Waals surface area (Å²) in [6, 6.07) is 7.24. The van der Waals surface area contributed by atoms with Crippen molar-refractivity contribution < 1.29 is 19.0 Å². The predicted molar refractivity (Wildman–Crippen MR) is 83.6 cm³/mol. The molecule has 1 aromatic rings. The third-order valence-corrected chi connectivity index (χ3v) is 3.74. The number of nitrogens with two attached hydrogens (primary N) is 1. The molecular formula is C17H18N2O4. The Morgan fingerprint density at radius 1 is 1.35 bits per heavy atom. The molecule has 6 heteroatoms. The summed E-state index contributed by atoms with van der Waals surface area (Å²) >= 11 is 0. The predicted octanol–water partition coefficient (Wildman–Crippen LogP) is 2.37. The Hall–Kier alpha value is -2.94. The Morgan fingerprint density at radius 3 is 2.57 bits per heavy atom. The lowest BCUT2D eigenvalue weighted by Gasteiger charge is -2.27. The van der Waals surface area contributed by atoms with Gasteiger partial charge in [-0.3, -0.25) is 4.79 Å². The van der Waals surface area contributed by atoms with Crippen LogP contribution in [-0.4, -0.2) is 20.0 Å². The van der Waals surface area contributed by atoms with Gasteiger partial charge in [-0.05, 0) is 19.9 Å². The molecule has 0 aromatic heterocycles. The van der Waals surface area contributed by atoms with E-state index in [2.05, 4.69) is 0 Å². The minimum atomic E-state index is -0.632. The van der Waals surface area contributed by atoms with Crippen LogP contribution in [0.2, 0.25) is 0 Å². The van der Waals surface area contributed by atoms with Crippen LogP contribution >= 0.6 is 0 Å². The van der Waals surface area contributed by atoms with E-state index >= 15 is 0 Å². The van der Waals surface area contributed by atoms with Crippen molar-refractivity contribution in [3.63, 3.8) is 0 Å².